The number of carbonyl (C=O) groups is 2. The molecule has 2 N–H and O–H groups in total. The quantitative estimate of drug-likeness (QED) is 0.343. The van der Waals surface area contributed by atoms with Crippen molar-refractivity contribution in [1.82, 2.24) is 5.32 Å². The summed E-state index contributed by atoms with van der Waals surface area (Å²) >= 11 is 0. The fourth-order valence-corrected chi connectivity index (χ4v) is 2.77. The maximum atomic E-state index is 13.0. The van der Waals surface area contributed by atoms with Crippen LogP contribution in [0.1, 0.15) is 15.9 Å². The minimum atomic E-state index is -0.611. The minimum Gasteiger partial charge on any atom is -0.495 e. The van der Waals surface area contributed by atoms with Crippen molar-refractivity contribution in [3.8, 4) is 5.75 Å². The van der Waals surface area contributed by atoms with Crippen LogP contribution < -0.4 is 15.4 Å². The number of anilines is 1. The molecular formula is C23H19N3O5. The summed E-state index contributed by atoms with van der Waals surface area (Å²) in [4.78, 5) is 36.2. The highest BCUT2D eigenvalue weighted by Gasteiger charge is 2.17. The number of hydrogen-bond donors (Lipinski definition) is 2. The van der Waals surface area contributed by atoms with Crippen molar-refractivity contribution in [3.05, 3.63) is 106 Å². The third kappa shape index (κ3) is 5.54. The van der Waals surface area contributed by atoms with E-state index < -0.39 is 16.7 Å². The van der Waals surface area contributed by atoms with Crippen molar-refractivity contribution in [1.29, 1.82) is 0 Å². The van der Waals surface area contributed by atoms with Crippen LogP contribution in [0.5, 0.6) is 5.75 Å². The number of para-hydroxylation sites is 2. The van der Waals surface area contributed by atoms with Crippen LogP contribution in [0.25, 0.3) is 6.08 Å². The van der Waals surface area contributed by atoms with Crippen molar-refractivity contribution in [2.75, 3.05) is 12.4 Å². The first kappa shape index (κ1) is 21.3. The molecule has 0 radical (unpaired) electrons. The number of nitro benzene ring substituents is 1. The molecule has 0 saturated carbocycles. The number of ether oxygens (including phenoxy) is 1. The van der Waals surface area contributed by atoms with E-state index in [1.165, 1.54) is 31.4 Å². The van der Waals surface area contributed by atoms with Crippen molar-refractivity contribution >= 4 is 29.3 Å². The number of nitro groups is 1. The first-order valence-electron chi connectivity index (χ1n) is 9.25. The molecule has 0 unspecified atom stereocenters. The smallest absolute Gasteiger partial charge is 0.272 e. The highest BCUT2D eigenvalue weighted by molar-refractivity contribution is 6.11. The van der Waals surface area contributed by atoms with Crippen LogP contribution in [0, 0.1) is 10.1 Å². The van der Waals surface area contributed by atoms with Gasteiger partial charge in [-0.05, 0) is 35.9 Å². The van der Waals surface area contributed by atoms with Crippen LogP contribution in [0.15, 0.2) is 84.6 Å². The lowest BCUT2D eigenvalue weighted by atomic mass is 10.1. The number of non-ortho nitro benzene ring substituents is 1. The van der Waals surface area contributed by atoms with Crippen LogP contribution >= 0.6 is 0 Å². The van der Waals surface area contributed by atoms with Gasteiger partial charge in [0, 0.05) is 17.7 Å². The second-order valence-corrected chi connectivity index (χ2v) is 6.38. The number of nitrogens with zero attached hydrogens (tertiary/aromatic N) is 1. The maximum Gasteiger partial charge on any atom is 0.272 e. The predicted molar refractivity (Wildman–Crippen MR) is 117 cm³/mol. The Morgan fingerprint density at radius 2 is 1.68 bits per heavy atom. The van der Waals surface area contributed by atoms with Gasteiger partial charge in [-0.1, -0.05) is 42.5 Å². The summed E-state index contributed by atoms with van der Waals surface area (Å²) in [5.41, 5.74) is 0.937. The summed E-state index contributed by atoms with van der Waals surface area (Å²) < 4.78 is 5.24. The Kier molecular flexibility index (Phi) is 6.74. The number of hydrogen-bond acceptors (Lipinski definition) is 5. The SMILES string of the molecule is COc1ccccc1NC(=O)C(=Cc1cccc([N+](=O)[O-])c1)NC(=O)c1ccccc1. The van der Waals surface area contributed by atoms with E-state index in [0.717, 1.165) is 0 Å². The Hall–Kier alpha value is -4.46. The summed E-state index contributed by atoms with van der Waals surface area (Å²) in [7, 11) is 1.47. The van der Waals surface area contributed by atoms with Crippen LogP contribution in [0.2, 0.25) is 0 Å². The molecule has 156 valence electrons. The van der Waals surface area contributed by atoms with Crippen molar-refractivity contribution in [2.24, 2.45) is 0 Å². The molecule has 3 aromatic rings. The molecule has 0 spiro atoms. The molecule has 0 aliphatic carbocycles. The zero-order valence-corrected chi connectivity index (χ0v) is 16.6. The Bertz CT molecular complexity index is 1140. The van der Waals surface area contributed by atoms with E-state index >= 15 is 0 Å². The highest BCUT2D eigenvalue weighted by Crippen LogP contribution is 2.24. The standard InChI is InChI=1S/C23H19N3O5/c1-31-21-13-6-5-12-19(21)24-23(28)20(25-22(27)17-9-3-2-4-10-17)15-16-8-7-11-18(14-16)26(29)30/h2-15H,1H3,(H,24,28)(H,25,27). The van der Waals surface area contributed by atoms with Crippen molar-refractivity contribution in [3.63, 3.8) is 0 Å². The van der Waals surface area contributed by atoms with E-state index in [0.29, 0.717) is 22.6 Å². The van der Waals surface area contributed by atoms with Crippen LogP contribution in [0.3, 0.4) is 0 Å². The van der Waals surface area contributed by atoms with Gasteiger partial charge in [-0.3, -0.25) is 19.7 Å². The van der Waals surface area contributed by atoms with Gasteiger partial charge in [0.2, 0.25) is 0 Å². The van der Waals surface area contributed by atoms with Crippen molar-refractivity contribution < 1.29 is 19.2 Å². The van der Waals surface area contributed by atoms with E-state index in [2.05, 4.69) is 10.6 Å². The normalized spacial score (nSPS) is 10.8. The van der Waals surface area contributed by atoms with Gasteiger partial charge in [0.25, 0.3) is 17.5 Å². The minimum absolute atomic E-state index is 0.0831. The molecule has 0 aliphatic rings. The summed E-state index contributed by atoms with van der Waals surface area (Å²) in [5, 5.41) is 16.4. The number of benzene rings is 3. The molecule has 8 heteroatoms. The summed E-state index contributed by atoms with van der Waals surface area (Å²) in [6, 6.07) is 21.0. The van der Waals surface area contributed by atoms with Gasteiger partial charge in [-0.2, -0.15) is 0 Å². The first-order chi connectivity index (χ1) is 15.0. The molecule has 31 heavy (non-hydrogen) atoms. The molecule has 0 atom stereocenters. The zero-order chi connectivity index (χ0) is 22.2. The van der Waals surface area contributed by atoms with Gasteiger partial charge < -0.3 is 15.4 Å². The number of carbonyl (C=O) groups excluding carboxylic acids is 2. The van der Waals surface area contributed by atoms with Gasteiger partial charge in [0.15, 0.2) is 0 Å². The molecule has 0 saturated heterocycles. The molecular weight excluding hydrogens is 398 g/mol. The van der Waals surface area contributed by atoms with E-state index in [1.807, 2.05) is 0 Å². The van der Waals surface area contributed by atoms with Gasteiger partial charge in [-0.25, -0.2) is 0 Å². The molecule has 0 aromatic heterocycles. The second kappa shape index (κ2) is 9.84. The molecule has 2 amide bonds. The monoisotopic (exact) mass is 417 g/mol. The van der Waals surface area contributed by atoms with E-state index in [-0.39, 0.29) is 11.4 Å². The molecule has 0 aliphatic heterocycles. The van der Waals surface area contributed by atoms with Crippen LogP contribution in [-0.2, 0) is 4.79 Å². The molecule has 3 rings (SSSR count). The van der Waals surface area contributed by atoms with Gasteiger partial charge in [0.1, 0.15) is 11.4 Å². The number of methoxy groups -OCH3 is 1. The molecule has 0 heterocycles. The lowest BCUT2D eigenvalue weighted by molar-refractivity contribution is -0.384. The van der Waals surface area contributed by atoms with Crippen molar-refractivity contribution in [2.45, 2.75) is 0 Å². The fraction of sp³-hybridized carbons (Fsp3) is 0.0435. The van der Waals surface area contributed by atoms with Gasteiger partial charge >= 0.3 is 0 Å². The molecule has 3 aromatic carbocycles. The van der Waals surface area contributed by atoms with Crippen LogP contribution in [-0.4, -0.2) is 23.8 Å². The highest BCUT2D eigenvalue weighted by atomic mass is 16.6. The zero-order valence-electron chi connectivity index (χ0n) is 16.6. The third-order valence-corrected chi connectivity index (χ3v) is 4.28. The lowest BCUT2D eigenvalue weighted by Gasteiger charge is -2.13. The Balaban J connectivity index is 1.95. The molecule has 0 bridgehead atoms. The molecule has 8 nitrogen and oxygen atoms in total. The topological polar surface area (TPSA) is 111 Å². The Morgan fingerprint density at radius 3 is 2.39 bits per heavy atom. The lowest BCUT2D eigenvalue weighted by Crippen LogP contribution is -2.30. The molecule has 0 fully saturated rings. The third-order valence-electron chi connectivity index (χ3n) is 4.28. The summed E-state index contributed by atoms with van der Waals surface area (Å²) in [5.74, 6) is -0.660. The number of amides is 2. The summed E-state index contributed by atoms with van der Waals surface area (Å²) in [6.07, 6.45) is 1.37. The predicted octanol–water partition coefficient (Wildman–Crippen LogP) is 4.01. The first-order valence-corrected chi connectivity index (χ1v) is 9.25. The van der Waals surface area contributed by atoms with E-state index in [4.69, 9.17) is 4.74 Å². The van der Waals surface area contributed by atoms with E-state index in [9.17, 15) is 19.7 Å². The average Bonchev–Trinajstić information content (AvgIpc) is 2.79. The number of rotatable bonds is 7. The Labute approximate surface area is 178 Å². The summed E-state index contributed by atoms with van der Waals surface area (Å²) in [6.45, 7) is 0. The number of nitrogens with one attached hydrogen (secondary N) is 2. The van der Waals surface area contributed by atoms with E-state index in [1.54, 1.807) is 60.7 Å². The fourth-order valence-electron chi connectivity index (χ4n) is 2.77. The maximum absolute atomic E-state index is 13.0. The largest absolute Gasteiger partial charge is 0.495 e. The Morgan fingerprint density at radius 1 is 0.968 bits per heavy atom. The average molecular weight is 417 g/mol. The van der Waals surface area contributed by atoms with Gasteiger partial charge in [0.05, 0.1) is 17.7 Å². The van der Waals surface area contributed by atoms with Crippen LogP contribution in [0.4, 0.5) is 11.4 Å². The second-order valence-electron chi connectivity index (χ2n) is 6.38. The van der Waals surface area contributed by atoms with Gasteiger partial charge in [-0.15, -0.1) is 0 Å².